The molecule has 14 heavy (non-hydrogen) atoms. The molecule has 2 aromatic rings. The molecule has 0 atom stereocenters. The molecule has 2 N–H and O–H groups in total. The highest BCUT2D eigenvalue weighted by Crippen LogP contribution is 2.11. The van der Waals surface area contributed by atoms with Gasteiger partial charge < -0.3 is 10.2 Å². The quantitative estimate of drug-likeness (QED) is 0.704. The van der Waals surface area contributed by atoms with Crippen molar-refractivity contribution in [1.82, 2.24) is 14.6 Å². The Morgan fingerprint density at radius 1 is 1.43 bits per heavy atom. The van der Waals surface area contributed by atoms with Crippen LogP contribution in [0.2, 0.25) is 0 Å². The van der Waals surface area contributed by atoms with Gasteiger partial charge in [0, 0.05) is 0 Å². The zero-order chi connectivity index (χ0) is 10.1. The van der Waals surface area contributed by atoms with E-state index in [4.69, 9.17) is 5.11 Å². The summed E-state index contributed by atoms with van der Waals surface area (Å²) >= 11 is 0. The first kappa shape index (κ1) is 8.49. The predicted octanol–water partition coefficient (Wildman–Crippen LogP) is 0.0620. The Kier molecular flexibility index (Phi) is 1.81. The van der Waals surface area contributed by atoms with Gasteiger partial charge in [0.05, 0.1) is 6.20 Å². The molecule has 0 fully saturated rings. The van der Waals surface area contributed by atoms with Crippen molar-refractivity contribution in [1.29, 1.82) is 0 Å². The number of hydrogen-bond acceptors (Lipinski definition) is 4. The summed E-state index contributed by atoms with van der Waals surface area (Å²) in [5, 5.41) is 25.2. The Hall–Kier alpha value is -2.11. The molecular formula is C8H7N3O3. The van der Waals surface area contributed by atoms with Crippen LogP contribution in [0.3, 0.4) is 0 Å². The van der Waals surface area contributed by atoms with Crippen LogP contribution in [0.25, 0.3) is 5.65 Å². The topological polar surface area (TPSA) is 87.7 Å². The molecule has 0 aliphatic rings. The number of aromatic nitrogens is 3. The van der Waals surface area contributed by atoms with Gasteiger partial charge in [0.25, 0.3) is 0 Å². The van der Waals surface area contributed by atoms with Gasteiger partial charge in [-0.15, -0.1) is 10.2 Å². The van der Waals surface area contributed by atoms with Crippen molar-refractivity contribution in [3.05, 3.63) is 24.2 Å². The van der Waals surface area contributed by atoms with Gasteiger partial charge in [-0.05, 0) is 12.1 Å². The van der Waals surface area contributed by atoms with E-state index in [2.05, 4.69) is 10.2 Å². The minimum Gasteiger partial charge on any atom is -0.506 e. The molecule has 0 aliphatic carbocycles. The van der Waals surface area contributed by atoms with Crippen molar-refractivity contribution in [3.63, 3.8) is 0 Å². The summed E-state index contributed by atoms with van der Waals surface area (Å²) in [5.41, 5.74) is 0.513. The third kappa shape index (κ3) is 1.37. The molecule has 6 heteroatoms. The first-order chi connectivity index (χ1) is 6.66. The van der Waals surface area contributed by atoms with Gasteiger partial charge >= 0.3 is 5.97 Å². The number of nitrogens with zero attached hydrogens (tertiary/aromatic N) is 3. The smallest absolute Gasteiger partial charge is 0.311 e. The molecule has 0 aliphatic heterocycles. The fraction of sp³-hybridized carbons (Fsp3) is 0.125. The lowest BCUT2D eigenvalue weighted by Gasteiger charge is -1.96. The zero-order valence-electron chi connectivity index (χ0n) is 7.08. The highest BCUT2D eigenvalue weighted by Gasteiger charge is 2.09. The third-order valence-corrected chi connectivity index (χ3v) is 1.77. The van der Waals surface area contributed by atoms with Crippen molar-refractivity contribution in [2.24, 2.45) is 0 Å². The van der Waals surface area contributed by atoms with Gasteiger partial charge in [-0.3, -0.25) is 9.20 Å². The summed E-state index contributed by atoms with van der Waals surface area (Å²) in [6.45, 7) is 0. The van der Waals surface area contributed by atoms with Crippen LogP contribution in [0.1, 0.15) is 5.82 Å². The fourth-order valence-electron chi connectivity index (χ4n) is 1.18. The van der Waals surface area contributed by atoms with Crippen LogP contribution in [0.5, 0.6) is 5.75 Å². The van der Waals surface area contributed by atoms with E-state index in [9.17, 15) is 9.90 Å². The summed E-state index contributed by atoms with van der Waals surface area (Å²) in [6, 6.07) is 3.03. The molecule has 6 nitrogen and oxygen atoms in total. The minimum atomic E-state index is -0.984. The number of aromatic hydroxyl groups is 1. The fourth-order valence-corrected chi connectivity index (χ4v) is 1.18. The molecule has 0 aromatic carbocycles. The number of hydrogen-bond donors (Lipinski definition) is 2. The number of pyridine rings is 1. The van der Waals surface area contributed by atoms with E-state index in [1.807, 2.05) is 0 Å². The molecule has 0 bridgehead atoms. The van der Waals surface area contributed by atoms with Gasteiger partial charge in [-0.25, -0.2) is 0 Å². The predicted molar refractivity (Wildman–Crippen MR) is 46.0 cm³/mol. The lowest BCUT2D eigenvalue weighted by molar-refractivity contribution is -0.136. The average molecular weight is 193 g/mol. The minimum absolute atomic E-state index is 0.0453. The van der Waals surface area contributed by atoms with E-state index in [0.29, 0.717) is 11.5 Å². The highest BCUT2D eigenvalue weighted by molar-refractivity contribution is 5.69. The van der Waals surface area contributed by atoms with Crippen LogP contribution in [-0.2, 0) is 11.2 Å². The number of fused-ring (bicyclic) bond motifs is 1. The van der Waals surface area contributed by atoms with Crippen molar-refractivity contribution >= 4 is 11.6 Å². The number of carbonyl (C=O) groups is 1. The van der Waals surface area contributed by atoms with Crippen molar-refractivity contribution in [2.75, 3.05) is 0 Å². The molecule has 72 valence electrons. The monoisotopic (exact) mass is 193 g/mol. The van der Waals surface area contributed by atoms with Crippen LogP contribution in [0.15, 0.2) is 18.3 Å². The van der Waals surface area contributed by atoms with Crippen LogP contribution >= 0.6 is 0 Å². The summed E-state index contributed by atoms with van der Waals surface area (Å²) < 4.78 is 1.45. The third-order valence-electron chi connectivity index (χ3n) is 1.77. The van der Waals surface area contributed by atoms with Crippen molar-refractivity contribution < 1.29 is 15.0 Å². The molecular weight excluding hydrogens is 186 g/mol. The molecule has 2 heterocycles. The summed E-state index contributed by atoms with van der Waals surface area (Å²) in [7, 11) is 0. The van der Waals surface area contributed by atoms with E-state index < -0.39 is 5.97 Å². The van der Waals surface area contributed by atoms with Crippen molar-refractivity contribution in [3.8, 4) is 5.75 Å². The summed E-state index contributed by atoms with van der Waals surface area (Å²) in [6.07, 6.45) is 1.16. The maximum absolute atomic E-state index is 10.5. The lowest BCUT2D eigenvalue weighted by atomic mass is 10.4. The Labute approximate surface area is 78.4 Å². The van der Waals surface area contributed by atoms with Crippen LogP contribution in [0.4, 0.5) is 0 Å². The Morgan fingerprint density at radius 3 is 2.93 bits per heavy atom. The van der Waals surface area contributed by atoms with Crippen LogP contribution in [0, 0.1) is 0 Å². The normalized spacial score (nSPS) is 10.6. The lowest BCUT2D eigenvalue weighted by Crippen LogP contribution is -2.04. The first-order valence-corrected chi connectivity index (χ1v) is 3.91. The average Bonchev–Trinajstić information content (AvgIpc) is 2.47. The number of rotatable bonds is 2. The SMILES string of the molecule is O=C(O)Cc1nnc2ccc(O)cn12. The second-order valence-electron chi connectivity index (χ2n) is 2.80. The van der Waals surface area contributed by atoms with Crippen LogP contribution in [-0.4, -0.2) is 30.8 Å². The van der Waals surface area contributed by atoms with E-state index >= 15 is 0 Å². The molecule has 2 aromatic heterocycles. The van der Waals surface area contributed by atoms with Gasteiger partial charge in [0.2, 0.25) is 0 Å². The number of aliphatic carboxylic acids is 1. The zero-order valence-corrected chi connectivity index (χ0v) is 7.08. The van der Waals surface area contributed by atoms with E-state index in [1.165, 1.54) is 16.7 Å². The van der Waals surface area contributed by atoms with Gasteiger partial charge in [-0.1, -0.05) is 0 Å². The number of carboxylic acids is 1. The van der Waals surface area contributed by atoms with Crippen molar-refractivity contribution in [2.45, 2.75) is 6.42 Å². The first-order valence-electron chi connectivity index (χ1n) is 3.91. The van der Waals surface area contributed by atoms with E-state index in [-0.39, 0.29) is 12.2 Å². The molecule has 0 radical (unpaired) electrons. The molecule has 0 unspecified atom stereocenters. The molecule has 0 saturated carbocycles. The summed E-state index contributed by atoms with van der Waals surface area (Å²) in [5.74, 6) is -0.644. The Bertz CT molecular complexity index is 492. The molecule has 0 saturated heterocycles. The van der Waals surface area contributed by atoms with Gasteiger partial charge in [0.1, 0.15) is 18.0 Å². The van der Waals surface area contributed by atoms with Gasteiger partial charge in [-0.2, -0.15) is 0 Å². The largest absolute Gasteiger partial charge is 0.506 e. The summed E-state index contributed by atoms with van der Waals surface area (Å²) in [4.78, 5) is 10.5. The maximum Gasteiger partial charge on any atom is 0.311 e. The van der Waals surface area contributed by atoms with Gasteiger partial charge in [0.15, 0.2) is 5.65 Å². The van der Waals surface area contributed by atoms with E-state index in [0.717, 1.165) is 0 Å². The maximum atomic E-state index is 10.5. The van der Waals surface area contributed by atoms with Crippen LogP contribution < -0.4 is 0 Å². The molecule has 0 spiro atoms. The number of carboxylic acid groups (broad SMARTS) is 1. The van der Waals surface area contributed by atoms with E-state index in [1.54, 1.807) is 6.07 Å². The Morgan fingerprint density at radius 2 is 2.21 bits per heavy atom. The highest BCUT2D eigenvalue weighted by atomic mass is 16.4. The molecule has 0 amide bonds. The second-order valence-corrected chi connectivity index (χ2v) is 2.80. The Balaban J connectivity index is 2.55. The molecule has 2 rings (SSSR count). The second kappa shape index (κ2) is 2.99. The standard InChI is InChI=1S/C8H7N3O3/c12-5-1-2-6-9-10-7(3-8(13)14)11(6)4-5/h1-2,4,12H,3H2,(H,13,14).